The van der Waals surface area contributed by atoms with Crippen LogP contribution in [0.3, 0.4) is 0 Å². The second-order valence-corrected chi connectivity index (χ2v) is 8.11. The van der Waals surface area contributed by atoms with Crippen molar-refractivity contribution >= 4 is 22.5 Å². The second kappa shape index (κ2) is 9.08. The number of carbonyl (C=O) groups is 1. The van der Waals surface area contributed by atoms with Gasteiger partial charge in [-0.25, -0.2) is 0 Å². The quantitative estimate of drug-likeness (QED) is 0.658. The Labute approximate surface area is 182 Å². The Kier molecular flexibility index (Phi) is 6.25. The maximum Gasteiger partial charge on any atom is 0.276 e. The number of methoxy groups -OCH3 is 1. The van der Waals surface area contributed by atoms with Crippen molar-refractivity contribution in [1.82, 2.24) is 14.7 Å². The maximum absolute atomic E-state index is 13.3. The van der Waals surface area contributed by atoms with Crippen LogP contribution >= 0.6 is 0 Å². The van der Waals surface area contributed by atoms with Gasteiger partial charge in [0.1, 0.15) is 11.3 Å². The molecule has 0 unspecified atom stereocenters. The van der Waals surface area contributed by atoms with Gasteiger partial charge in [0.05, 0.1) is 26.9 Å². The average molecular weight is 423 g/mol. The molecule has 1 amide bonds. The molecule has 2 heterocycles. The van der Waals surface area contributed by atoms with Crippen LogP contribution in [0.4, 0.5) is 5.69 Å². The fraction of sp³-hybridized carbons (Fsp3) is 0.417. The SMILES string of the molecule is COc1cccc2c(C(=O)Nc3c(C)cc(C)cc3C)nn(CCN3CCOCC3)c12. The summed E-state index contributed by atoms with van der Waals surface area (Å²) < 4.78 is 12.9. The van der Waals surface area contributed by atoms with E-state index >= 15 is 0 Å². The highest BCUT2D eigenvalue weighted by atomic mass is 16.5. The third-order valence-electron chi connectivity index (χ3n) is 5.82. The number of amides is 1. The van der Waals surface area contributed by atoms with Crippen LogP contribution in [-0.2, 0) is 11.3 Å². The van der Waals surface area contributed by atoms with Gasteiger partial charge in [-0.1, -0.05) is 29.8 Å². The molecule has 7 heteroatoms. The van der Waals surface area contributed by atoms with Crippen LogP contribution in [0.1, 0.15) is 27.2 Å². The lowest BCUT2D eigenvalue weighted by atomic mass is 10.0. The van der Waals surface area contributed by atoms with Crippen LogP contribution in [0.2, 0.25) is 0 Å². The summed E-state index contributed by atoms with van der Waals surface area (Å²) in [7, 11) is 1.65. The molecular formula is C24H30N4O3. The molecule has 0 radical (unpaired) electrons. The first-order chi connectivity index (χ1) is 15.0. The first-order valence-electron chi connectivity index (χ1n) is 10.7. The number of hydrogen-bond donors (Lipinski definition) is 1. The number of morpholine rings is 1. The van der Waals surface area contributed by atoms with E-state index in [1.165, 1.54) is 5.56 Å². The lowest BCUT2D eigenvalue weighted by Crippen LogP contribution is -2.38. The lowest BCUT2D eigenvalue weighted by molar-refractivity contribution is 0.0361. The van der Waals surface area contributed by atoms with Gasteiger partial charge in [-0.15, -0.1) is 0 Å². The molecule has 31 heavy (non-hydrogen) atoms. The van der Waals surface area contributed by atoms with E-state index in [4.69, 9.17) is 14.6 Å². The first-order valence-corrected chi connectivity index (χ1v) is 10.7. The van der Waals surface area contributed by atoms with Gasteiger partial charge in [0.25, 0.3) is 5.91 Å². The number of aromatic nitrogens is 2. The standard InChI is InChI=1S/C24H30N4O3/c1-16-14-17(2)21(18(3)15-16)25-24(29)22-19-6-5-7-20(30-4)23(19)28(26-22)9-8-27-10-12-31-13-11-27/h5-7,14-15H,8-13H2,1-4H3,(H,25,29). The van der Waals surface area contributed by atoms with Crippen molar-refractivity contribution < 1.29 is 14.3 Å². The zero-order valence-corrected chi connectivity index (χ0v) is 18.7. The van der Waals surface area contributed by atoms with Crippen molar-refractivity contribution in [2.45, 2.75) is 27.3 Å². The summed E-state index contributed by atoms with van der Waals surface area (Å²) in [5.74, 6) is 0.507. The summed E-state index contributed by atoms with van der Waals surface area (Å²) in [6.45, 7) is 10.9. The second-order valence-electron chi connectivity index (χ2n) is 8.11. The maximum atomic E-state index is 13.3. The van der Waals surface area contributed by atoms with Crippen LogP contribution in [0.15, 0.2) is 30.3 Å². The fourth-order valence-electron chi connectivity index (χ4n) is 4.31. The van der Waals surface area contributed by atoms with E-state index in [1.54, 1.807) is 7.11 Å². The van der Waals surface area contributed by atoms with Crippen LogP contribution in [0.25, 0.3) is 10.9 Å². The predicted octanol–water partition coefficient (Wildman–Crippen LogP) is 3.55. The molecule has 0 saturated carbocycles. The van der Waals surface area contributed by atoms with Crippen LogP contribution in [0, 0.1) is 20.8 Å². The first kappa shape index (κ1) is 21.3. The van der Waals surface area contributed by atoms with Crippen molar-refractivity contribution in [1.29, 1.82) is 0 Å². The number of rotatable bonds is 6. The minimum absolute atomic E-state index is 0.210. The number of nitrogens with one attached hydrogen (secondary N) is 1. The molecule has 1 aliphatic heterocycles. The van der Waals surface area contributed by atoms with E-state index in [0.717, 1.165) is 60.6 Å². The summed E-state index contributed by atoms with van der Waals surface area (Å²) in [4.78, 5) is 15.6. The highest BCUT2D eigenvalue weighted by Crippen LogP contribution is 2.29. The van der Waals surface area contributed by atoms with Crippen molar-refractivity contribution in [3.8, 4) is 5.75 Å². The number of ether oxygens (including phenoxy) is 2. The molecule has 0 atom stereocenters. The van der Waals surface area contributed by atoms with E-state index in [-0.39, 0.29) is 5.91 Å². The van der Waals surface area contributed by atoms with Crippen LogP contribution < -0.4 is 10.1 Å². The molecule has 1 aromatic heterocycles. The lowest BCUT2D eigenvalue weighted by Gasteiger charge is -2.26. The molecule has 2 aromatic carbocycles. The van der Waals surface area contributed by atoms with Crippen molar-refractivity contribution in [3.63, 3.8) is 0 Å². The Morgan fingerprint density at radius 1 is 1.13 bits per heavy atom. The number of hydrogen-bond acceptors (Lipinski definition) is 5. The molecule has 3 aromatic rings. The summed E-state index contributed by atoms with van der Waals surface area (Å²) in [6, 6.07) is 9.88. The fourth-order valence-corrected chi connectivity index (χ4v) is 4.31. The zero-order valence-electron chi connectivity index (χ0n) is 18.7. The van der Waals surface area contributed by atoms with E-state index in [2.05, 4.69) is 29.3 Å². The number of benzene rings is 2. The van der Waals surface area contributed by atoms with Gasteiger partial charge in [-0.05, 0) is 38.0 Å². The number of aryl methyl sites for hydroxylation is 3. The van der Waals surface area contributed by atoms with E-state index in [9.17, 15) is 4.79 Å². The van der Waals surface area contributed by atoms with Gasteiger partial charge in [-0.3, -0.25) is 14.4 Å². The number of anilines is 1. The van der Waals surface area contributed by atoms with Crippen LogP contribution in [-0.4, -0.2) is 60.5 Å². The Morgan fingerprint density at radius 2 is 1.84 bits per heavy atom. The Hall–Kier alpha value is -2.90. The molecule has 1 N–H and O–H groups in total. The summed E-state index contributed by atoms with van der Waals surface area (Å²) in [5.41, 5.74) is 5.36. The molecule has 0 spiro atoms. The highest BCUT2D eigenvalue weighted by molar-refractivity contribution is 6.12. The van der Waals surface area contributed by atoms with Crippen molar-refractivity contribution in [2.24, 2.45) is 0 Å². The molecule has 7 nitrogen and oxygen atoms in total. The van der Waals surface area contributed by atoms with Gasteiger partial charge in [0, 0.05) is 30.7 Å². The van der Waals surface area contributed by atoms with Gasteiger partial charge >= 0.3 is 0 Å². The number of para-hydroxylation sites is 1. The Morgan fingerprint density at radius 3 is 2.52 bits per heavy atom. The Bertz CT molecular complexity index is 1080. The van der Waals surface area contributed by atoms with E-state index in [0.29, 0.717) is 18.0 Å². The molecule has 1 saturated heterocycles. The van der Waals surface area contributed by atoms with Crippen molar-refractivity contribution in [2.75, 3.05) is 45.3 Å². The zero-order chi connectivity index (χ0) is 22.0. The molecule has 4 rings (SSSR count). The van der Waals surface area contributed by atoms with E-state index in [1.807, 2.05) is 36.7 Å². The number of fused-ring (bicyclic) bond motifs is 1. The molecule has 1 fully saturated rings. The molecule has 0 bridgehead atoms. The smallest absolute Gasteiger partial charge is 0.276 e. The minimum atomic E-state index is -0.210. The minimum Gasteiger partial charge on any atom is -0.494 e. The van der Waals surface area contributed by atoms with Crippen LogP contribution in [0.5, 0.6) is 5.75 Å². The summed E-state index contributed by atoms with van der Waals surface area (Å²) >= 11 is 0. The van der Waals surface area contributed by atoms with Gasteiger partial charge < -0.3 is 14.8 Å². The highest BCUT2D eigenvalue weighted by Gasteiger charge is 2.22. The summed E-state index contributed by atoms with van der Waals surface area (Å²) in [5, 5.41) is 8.60. The average Bonchev–Trinajstić information content (AvgIpc) is 3.14. The van der Waals surface area contributed by atoms with E-state index < -0.39 is 0 Å². The predicted molar refractivity (Wildman–Crippen MR) is 122 cm³/mol. The topological polar surface area (TPSA) is 68.6 Å². The third-order valence-corrected chi connectivity index (χ3v) is 5.82. The van der Waals surface area contributed by atoms with Gasteiger partial charge in [-0.2, -0.15) is 5.10 Å². The largest absolute Gasteiger partial charge is 0.494 e. The summed E-state index contributed by atoms with van der Waals surface area (Å²) in [6.07, 6.45) is 0. The Balaban J connectivity index is 1.66. The molecule has 164 valence electrons. The van der Waals surface area contributed by atoms with Gasteiger partial charge in [0.15, 0.2) is 5.69 Å². The van der Waals surface area contributed by atoms with Gasteiger partial charge in [0.2, 0.25) is 0 Å². The number of carbonyl (C=O) groups excluding carboxylic acids is 1. The third kappa shape index (κ3) is 4.43. The monoisotopic (exact) mass is 422 g/mol. The normalized spacial score (nSPS) is 14.7. The molecule has 1 aliphatic rings. The van der Waals surface area contributed by atoms with Crippen molar-refractivity contribution in [3.05, 3.63) is 52.7 Å². The number of nitrogens with zero attached hydrogens (tertiary/aromatic N) is 3. The molecule has 0 aliphatic carbocycles. The molecular weight excluding hydrogens is 392 g/mol.